The van der Waals surface area contributed by atoms with Crippen LogP contribution in [0, 0.1) is 12.7 Å². The molecule has 0 saturated carbocycles. The Labute approximate surface area is 210 Å². The second-order valence-corrected chi connectivity index (χ2v) is 8.36. The number of aryl methyl sites for hydroxylation is 1. The first kappa shape index (κ1) is 25.9. The van der Waals surface area contributed by atoms with Gasteiger partial charge in [0.1, 0.15) is 35.7 Å². The first-order chi connectivity index (χ1) is 17.6. The van der Waals surface area contributed by atoms with Crippen molar-refractivity contribution in [2.24, 2.45) is 15.9 Å². The van der Waals surface area contributed by atoms with Gasteiger partial charge in [0.15, 0.2) is 0 Å². The maximum atomic E-state index is 14.4. The number of nitrogens with two attached hydrogens (primary N) is 1. The Bertz CT molecular complexity index is 1370. The van der Waals surface area contributed by atoms with Crippen LogP contribution < -0.4 is 15.5 Å². The maximum absolute atomic E-state index is 14.4. The summed E-state index contributed by atoms with van der Waals surface area (Å²) in [5.74, 6) is 5.25. The van der Waals surface area contributed by atoms with Crippen LogP contribution in [-0.2, 0) is 11.2 Å². The summed E-state index contributed by atoms with van der Waals surface area (Å²) in [5.41, 5.74) is 1.34. The molecular weight excluding hydrogens is 492 g/mol. The number of carbonyl (C=O) groups excluding carboxylic acids is 1. The number of alkyl halides is 3. The number of aliphatic imine (C=N–C) groups is 1. The Hall–Kier alpha value is -4.22. The molecule has 2 N–H and O–H groups in total. The third-order valence-electron chi connectivity index (χ3n) is 6.02. The molecule has 1 aliphatic heterocycles. The van der Waals surface area contributed by atoms with Crippen LogP contribution in [0.5, 0.6) is 5.75 Å². The van der Waals surface area contributed by atoms with Crippen molar-refractivity contribution in [1.29, 1.82) is 0 Å². The van der Waals surface area contributed by atoms with Gasteiger partial charge >= 0.3 is 6.18 Å². The molecule has 0 bridgehead atoms. The summed E-state index contributed by atoms with van der Waals surface area (Å²) >= 11 is 0. The summed E-state index contributed by atoms with van der Waals surface area (Å²) in [6, 6.07) is 7.68. The molecule has 1 aromatic heterocycles. The van der Waals surface area contributed by atoms with Crippen molar-refractivity contribution in [3.05, 3.63) is 71.6 Å². The number of benzene rings is 2. The predicted molar refractivity (Wildman–Crippen MR) is 131 cm³/mol. The normalized spacial score (nSPS) is 16.7. The number of hydrogen-bond acceptors (Lipinski definition) is 6. The van der Waals surface area contributed by atoms with E-state index in [4.69, 9.17) is 10.6 Å². The molecule has 194 valence electrons. The van der Waals surface area contributed by atoms with Crippen molar-refractivity contribution in [2.45, 2.75) is 32.0 Å². The number of rotatable bonds is 6. The summed E-state index contributed by atoms with van der Waals surface area (Å²) in [5, 5.41) is 3.74. The SMILES string of the molecule is COc1cc(/C(C=NC2CCc3c(F)cccc3N(CC(F)(F)F)C2=O)=N/N)ccc1-n1ccnc1C. The Kier molecular flexibility index (Phi) is 7.28. The number of methoxy groups -OCH3 is 1. The molecule has 4 rings (SSSR count). The molecule has 1 atom stereocenters. The van der Waals surface area contributed by atoms with E-state index in [0.29, 0.717) is 16.2 Å². The largest absolute Gasteiger partial charge is 0.495 e. The summed E-state index contributed by atoms with van der Waals surface area (Å²) in [4.78, 5) is 22.1. The lowest BCUT2D eigenvalue weighted by molar-refractivity contribution is -0.133. The molecule has 0 fully saturated rings. The highest BCUT2D eigenvalue weighted by Gasteiger charge is 2.39. The standard InChI is InChI=1S/C25H24F4N6O2/c1-15-31-10-11-34(15)22-9-6-16(12-23(22)37-2)20(33-30)13-32-19-8-7-17-18(26)4-3-5-21(17)35(24(19)36)14-25(27,28)29/h3-6,9-13,19H,7-8,14,30H2,1-2H3/b32-13?,33-20+. The summed E-state index contributed by atoms with van der Waals surface area (Å²) in [6.07, 6.45) is 0.0183. The quantitative estimate of drug-likeness (QED) is 0.232. The summed E-state index contributed by atoms with van der Waals surface area (Å²) < 4.78 is 61.7. The van der Waals surface area contributed by atoms with Crippen LogP contribution in [0.2, 0.25) is 0 Å². The van der Waals surface area contributed by atoms with Gasteiger partial charge in [-0.1, -0.05) is 12.1 Å². The first-order valence-corrected chi connectivity index (χ1v) is 11.3. The minimum absolute atomic E-state index is 0.0115. The van der Waals surface area contributed by atoms with Crippen molar-refractivity contribution >= 4 is 23.5 Å². The van der Waals surface area contributed by atoms with E-state index in [1.807, 2.05) is 11.5 Å². The van der Waals surface area contributed by atoms with Gasteiger partial charge in [-0.15, -0.1) is 0 Å². The van der Waals surface area contributed by atoms with E-state index in [2.05, 4.69) is 15.1 Å². The van der Waals surface area contributed by atoms with Gasteiger partial charge in [-0.25, -0.2) is 9.37 Å². The molecule has 2 heterocycles. The van der Waals surface area contributed by atoms with Crippen LogP contribution in [0.4, 0.5) is 23.2 Å². The number of imidazole rings is 1. The molecule has 8 nitrogen and oxygen atoms in total. The molecular formula is C25H24F4N6O2. The minimum atomic E-state index is -4.69. The average molecular weight is 516 g/mol. The molecule has 1 aliphatic rings. The highest BCUT2D eigenvalue weighted by Crippen LogP contribution is 2.32. The monoisotopic (exact) mass is 516 g/mol. The fourth-order valence-corrected chi connectivity index (χ4v) is 4.24. The van der Waals surface area contributed by atoms with Crippen LogP contribution in [0.1, 0.15) is 23.4 Å². The summed E-state index contributed by atoms with van der Waals surface area (Å²) in [7, 11) is 1.50. The Morgan fingerprint density at radius 3 is 2.70 bits per heavy atom. The molecule has 0 spiro atoms. The van der Waals surface area contributed by atoms with Crippen LogP contribution in [-0.4, -0.2) is 53.3 Å². The first-order valence-electron chi connectivity index (χ1n) is 11.3. The number of ether oxygens (including phenoxy) is 1. The molecule has 1 amide bonds. The smallest absolute Gasteiger partial charge is 0.406 e. The van der Waals surface area contributed by atoms with Crippen molar-refractivity contribution in [2.75, 3.05) is 18.6 Å². The predicted octanol–water partition coefficient (Wildman–Crippen LogP) is 3.97. The fourth-order valence-electron chi connectivity index (χ4n) is 4.24. The Morgan fingerprint density at radius 1 is 1.27 bits per heavy atom. The molecule has 12 heteroatoms. The number of halogens is 4. The number of anilines is 1. The highest BCUT2D eigenvalue weighted by molar-refractivity contribution is 6.38. The number of amides is 1. The van der Waals surface area contributed by atoms with E-state index in [9.17, 15) is 22.4 Å². The lowest BCUT2D eigenvalue weighted by Gasteiger charge is -2.25. The molecule has 0 aliphatic carbocycles. The van der Waals surface area contributed by atoms with Crippen LogP contribution in [0.15, 0.2) is 58.9 Å². The third kappa shape index (κ3) is 5.47. The van der Waals surface area contributed by atoms with Gasteiger partial charge < -0.3 is 20.0 Å². The maximum Gasteiger partial charge on any atom is 0.406 e. The number of carbonyl (C=O) groups is 1. The number of fused-ring (bicyclic) bond motifs is 1. The van der Waals surface area contributed by atoms with Gasteiger partial charge in [0.05, 0.1) is 24.7 Å². The number of aromatic nitrogens is 2. The van der Waals surface area contributed by atoms with Crippen molar-refractivity contribution in [3.8, 4) is 11.4 Å². The Balaban J connectivity index is 1.64. The molecule has 3 aromatic rings. The highest BCUT2D eigenvalue weighted by atomic mass is 19.4. The van der Waals surface area contributed by atoms with E-state index < -0.39 is 30.5 Å². The van der Waals surface area contributed by atoms with Gasteiger partial charge in [0, 0.05) is 23.5 Å². The molecule has 0 radical (unpaired) electrons. The second-order valence-electron chi connectivity index (χ2n) is 8.36. The van der Waals surface area contributed by atoms with Crippen LogP contribution in [0.3, 0.4) is 0 Å². The van der Waals surface area contributed by atoms with Gasteiger partial charge in [0.2, 0.25) is 0 Å². The molecule has 2 aromatic carbocycles. The fraction of sp³-hybridized carbons (Fsp3) is 0.280. The second kappa shape index (κ2) is 10.4. The van der Waals surface area contributed by atoms with Crippen molar-refractivity contribution in [1.82, 2.24) is 9.55 Å². The minimum Gasteiger partial charge on any atom is -0.495 e. The van der Waals surface area contributed by atoms with Crippen LogP contribution >= 0.6 is 0 Å². The van der Waals surface area contributed by atoms with Gasteiger partial charge in [0.25, 0.3) is 5.91 Å². The lowest BCUT2D eigenvalue weighted by Crippen LogP contribution is -2.43. The van der Waals surface area contributed by atoms with E-state index in [1.165, 1.54) is 25.5 Å². The Morgan fingerprint density at radius 2 is 2.05 bits per heavy atom. The van der Waals surface area contributed by atoms with E-state index in [1.54, 1.807) is 30.6 Å². The van der Waals surface area contributed by atoms with Gasteiger partial charge in [-0.2, -0.15) is 18.3 Å². The summed E-state index contributed by atoms with van der Waals surface area (Å²) in [6.45, 7) is 0.279. The average Bonchev–Trinajstić information content (AvgIpc) is 3.24. The van der Waals surface area contributed by atoms with Crippen molar-refractivity contribution in [3.63, 3.8) is 0 Å². The topological polar surface area (TPSA) is 98.1 Å². The van der Waals surface area contributed by atoms with Gasteiger partial charge in [-0.3, -0.25) is 9.79 Å². The lowest BCUT2D eigenvalue weighted by atomic mass is 10.1. The zero-order valence-corrected chi connectivity index (χ0v) is 20.0. The zero-order valence-electron chi connectivity index (χ0n) is 20.0. The molecule has 37 heavy (non-hydrogen) atoms. The van der Waals surface area contributed by atoms with E-state index in [-0.39, 0.29) is 29.8 Å². The van der Waals surface area contributed by atoms with Crippen LogP contribution in [0.25, 0.3) is 5.69 Å². The molecule has 1 unspecified atom stereocenters. The molecule has 0 saturated heterocycles. The van der Waals surface area contributed by atoms with E-state index in [0.717, 1.165) is 17.6 Å². The van der Waals surface area contributed by atoms with E-state index >= 15 is 0 Å². The third-order valence-corrected chi connectivity index (χ3v) is 6.02. The van der Waals surface area contributed by atoms with Crippen molar-refractivity contribution < 1.29 is 27.1 Å². The number of hydrogen-bond donors (Lipinski definition) is 1. The number of hydrazone groups is 1. The van der Waals surface area contributed by atoms with Gasteiger partial charge in [-0.05, 0) is 44.0 Å². The number of nitrogens with zero attached hydrogens (tertiary/aromatic N) is 5. The zero-order chi connectivity index (χ0) is 26.7.